The van der Waals surface area contributed by atoms with Crippen molar-refractivity contribution in [3.8, 4) is 0 Å². The van der Waals surface area contributed by atoms with Gasteiger partial charge in [0.15, 0.2) is 0 Å². The van der Waals surface area contributed by atoms with Crippen molar-refractivity contribution in [1.29, 1.82) is 0 Å². The fourth-order valence-electron chi connectivity index (χ4n) is 2.47. The summed E-state index contributed by atoms with van der Waals surface area (Å²) in [5.74, 6) is 0.932. The van der Waals surface area contributed by atoms with E-state index in [0.29, 0.717) is 5.92 Å². The van der Waals surface area contributed by atoms with Gasteiger partial charge >= 0.3 is 0 Å². The van der Waals surface area contributed by atoms with Gasteiger partial charge in [-0.05, 0) is 57.5 Å². The molecular weight excluding hydrogens is 248 g/mol. The number of sulfonamides is 1. The van der Waals surface area contributed by atoms with Crippen molar-refractivity contribution >= 4 is 10.0 Å². The van der Waals surface area contributed by atoms with Gasteiger partial charge in [-0.3, -0.25) is 0 Å². The Labute approximate surface area is 112 Å². The Morgan fingerprint density at radius 3 is 2.56 bits per heavy atom. The summed E-state index contributed by atoms with van der Waals surface area (Å²) < 4.78 is 26.5. The summed E-state index contributed by atoms with van der Waals surface area (Å²) in [6, 6.07) is 0.184. The minimum absolute atomic E-state index is 0.184. The Morgan fingerprint density at radius 1 is 1.17 bits per heavy atom. The lowest BCUT2D eigenvalue weighted by Gasteiger charge is -2.12. The van der Waals surface area contributed by atoms with Crippen LogP contribution < -0.4 is 10.0 Å². The van der Waals surface area contributed by atoms with E-state index in [2.05, 4.69) is 23.9 Å². The van der Waals surface area contributed by atoms with Crippen molar-refractivity contribution in [3.63, 3.8) is 0 Å². The smallest absolute Gasteiger partial charge is 0.211 e. The number of nitrogens with one attached hydrogen (secondary N) is 2. The second-order valence-corrected chi connectivity index (χ2v) is 7.38. The minimum atomic E-state index is -3.06. The first-order valence-electron chi connectivity index (χ1n) is 7.24. The SMILES string of the molecule is CCCNCCCCS(=O)(=O)NC1CCC(C)C1. The highest BCUT2D eigenvalue weighted by atomic mass is 32.2. The van der Waals surface area contributed by atoms with E-state index in [-0.39, 0.29) is 11.8 Å². The molecule has 0 bridgehead atoms. The van der Waals surface area contributed by atoms with E-state index in [1.165, 1.54) is 0 Å². The zero-order valence-corrected chi connectivity index (χ0v) is 12.6. The van der Waals surface area contributed by atoms with Crippen LogP contribution in [0.2, 0.25) is 0 Å². The van der Waals surface area contributed by atoms with E-state index in [9.17, 15) is 8.42 Å². The molecule has 1 rings (SSSR count). The van der Waals surface area contributed by atoms with Crippen LogP contribution in [0.25, 0.3) is 0 Å². The van der Waals surface area contributed by atoms with Crippen LogP contribution in [0.5, 0.6) is 0 Å². The van der Waals surface area contributed by atoms with Gasteiger partial charge in [0, 0.05) is 6.04 Å². The second kappa shape index (κ2) is 8.12. The minimum Gasteiger partial charge on any atom is -0.317 e. The molecular formula is C13H28N2O2S. The van der Waals surface area contributed by atoms with E-state index in [1.807, 2.05) is 0 Å². The van der Waals surface area contributed by atoms with Crippen LogP contribution in [0.4, 0.5) is 0 Å². The molecule has 1 aliphatic rings. The fourth-order valence-corrected chi connectivity index (χ4v) is 3.89. The quantitative estimate of drug-likeness (QED) is 0.632. The van der Waals surface area contributed by atoms with Crippen molar-refractivity contribution in [1.82, 2.24) is 10.0 Å². The molecule has 2 atom stereocenters. The maximum atomic E-state index is 11.9. The van der Waals surface area contributed by atoms with Crippen LogP contribution >= 0.6 is 0 Å². The van der Waals surface area contributed by atoms with Gasteiger partial charge in [-0.2, -0.15) is 0 Å². The Kier molecular flexibility index (Phi) is 7.19. The van der Waals surface area contributed by atoms with E-state index < -0.39 is 10.0 Å². The highest BCUT2D eigenvalue weighted by Gasteiger charge is 2.25. The molecule has 2 unspecified atom stereocenters. The summed E-state index contributed by atoms with van der Waals surface area (Å²) in [6.07, 6.45) is 5.94. The van der Waals surface area contributed by atoms with Gasteiger partial charge in [-0.25, -0.2) is 13.1 Å². The number of unbranched alkanes of at least 4 members (excludes halogenated alkanes) is 1. The summed E-state index contributed by atoms with van der Waals surface area (Å²) in [6.45, 7) is 6.26. The van der Waals surface area contributed by atoms with Gasteiger partial charge in [0.1, 0.15) is 0 Å². The van der Waals surface area contributed by atoms with Crippen molar-refractivity contribution in [2.75, 3.05) is 18.8 Å². The third-order valence-electron chi connectivity index (χ3n) is 3.48. The molecule has 0 aromatic carbocycles. The molecule has 18 heavy (non-hydrogen) atoms. The van der Waals surface area contributed by atoms with Gasteiger partial charge in [-0.1, -0.05) is 13.8 Å². The van der Waals surface area contributed by atoms with Gasteiger partial charge in [0.05, 0.1) is 5.75 Å². The maximum Gasteiger partial charge on any atom is 0.211 e. The first-order valence-corrected chi connectivity index (χ1v) is 8.89. The molecule has 0 aliphatic heterocycles. The summed E-state index contributed by atoms with van der Waals surface area (Å²) in [5, 5.41) is 3.28. The lowest BCUT2D eigenvalue weighted by atomic mass is 10.1. The molecule has 0 aromatic rings. The highest BCUT2D eigenvalue weighted by Crippen LogP contribution is 2.25. The normalized spacial score (nSPS) is 24.6. The third kappa shape index (κ3) is 6.71. The van der Waals surface area contributed by atoms with Crippen LogP contribution in [0, 0.1) is 5.92 Å². The lowest BCUT2D eigenvalue weighted by molar-refractivity contribution is 0.534. The molecule has 108 valence electrons. The van der Waals surface area contributed by atoms with Gasteiger partial charge in [0.25, 0.3) is 0 Å². The summed E-state index contributed by atoms with van der Waals surface area (Å²) in [5.41, 5.74) is 0. The predicted molar refractivity (Wildman–Crippen MR) is 76.1 cm³/mol. The maximum absolute atomic E-state index is 11.9. The molecule has 1 saturated carbocycles. The van der Waals surface area contributed by atoms with Crippen LogP contribution in [0.15, 0.2) is 0 Å². The van der Waals surface area contributed by atoms with Crippen molar-refractivity contribution in [2.24, 2.45) is 5.92 Å². The van der Waals surface area contributed by atoms with Crippen molar-refractivity contribution in [3.05, 3.63) is 0 Å². The number of hydrogen-bond donors (Lipinski definition) is 2. The Morgan fingerprint density at radius 2 is 1.94 bits per heavy atom. The van der Waals surface area contributed by atoms with Gasteiger partial charge in [-0.15, -0.1) is 0 Å². The molecule has 1 fully saturated rings. The Balaban J connectivity index is 2.12. The zero-order chi connectivity index (χ0) is 13.4. The first-order chi connectivity index (χ1) is 8.53. The number of hydrogen-bond acceptors (Lipinski definition) is 3. The van der Waals surface area contributed by atoms with E-state index in [4.69, 9.17) is 0 Å². The monoisotopic (exact) mass is 276 g/mol. The van der Waals surface area contributed by atoms with E-state index >= 15 is 0 Å². The molecule has 0 saturated heterocycles. The van der Waals surface area contributed by atoms with E-state index in [1.54, 1.807) is 0 Å². The number of rotatable bonds is 9. The summed E-state index contributed by atoms with van der Waals surface area (Å²) in [7, 11) is -3.06. The molecule has 0 amide bonds. The third-order valence-corrected chi connectivity index (χ3v) is 5.00. The predicted octanol–water partition coefficient (Wildman–Crippen LogP) is 1.87. The fraction of sp³-hybridized carbons (Fsp3) is 1.00. The van der Waals surface area contributed by atoms with Crippen LogP contribution in [0.3, 0.4) is 0 Å². The summed E-state index contributed by atoms with van der Waals surface area (Å²) >= 11 is 0. The topological polar surface area (TPSA) is 58.2 Å². The van der Waals surface area contributed by atoms with Gasteiger partial charge in [0.2, 0.25) is 10.0 Å². The van der Waals surface area contributed by atoms with Crippen molar-refractivity contribution < 1.29 is 8.42 Å². The standard InChI is InChI=1S/C13H28N2O2S/c1-3-8-14-9-4-5-10-18(16,17)15-13-7-6-12(2)11-13/h12-15H,3-11H2,1-2H3. The average Bonchev–Trinajstić information content (AvgIpc) is 2.68. The van der Waals surface area contributed by atoms with Crippen LogP contribution in [-0.2, 0) is 10.0 Å². The van der Waals surface area contributed by atoms with Gasteiger partial charge < -0.3 is 5.32 Å². The molecule has 2 N–H and O–H groups in total. The average molecular weight is 276 g/mol. The highest BCUT2D eigenvalue weighted by molar-refractivity contribution is 7.89. The molecule has 0 aromatic heterocycles. The van der Waals surface area contributed by atoms with Crippen LogP contribution in [0.1, 0.15) is 52.4 Å². The lowest BCUT2D eigenvalue weighted by Crippen LogP contribution is -2.34. The molecule has 0 heterocycles. The molecule has 0 spiro atoms. The van der Waals surface area contributed by atoms with E-state index in [0.717, 1.165) is 51.6 Å². The second-order valence-electron chi connectivity index (χ2n) is 5.51. The summed E-state index contributed by atoms with van der Waals surface area (Å²) in [4.78, 5) is 0. The Hall–Kier alpha value is -0.130. The first kappa shape index (κ1) is 15.9. The van der Waals surface area contributed by atoms with Crippen LogP contribution in [-0.4, -0.2) is 33.3 Å². The largest absolute Gasteiger partial charge is 0.317 e. The zero-order valence-electron chi connectivity index (χ0n) is 11.7. The Bertz CT molecular complexity index is 317. The molecule has 1 aliphatic carbocycles. The molecule has 4 nitrogen and oxygen atoms in total. The van der Waals surface area contributed by atoms with Crippen molar-refractivity contribution in [2.45, 2.75) is 58.4 Å². The molecule has 0 radical (unpaired) electrons. The molecule has 5 heteroatoms.